The average molecular weight is 188 g/mol. The van der Waals surface area contributed by atoms with Crippen molar-refractivity contribution >= 4 is 22.0 Å². The average Bonchev–Trinajstić information content (AvgIpc) is 2.46. The third-order valence-corrected chi connectivity index (χ3v) is 2.10. The molecule has 62 valence electrons. The number of rotatable bonds is 1. The number of para-hydroxylation sites is 1. The number of hydrogen-bond acceptors (Lipinski definition) is 3. The molecule has 1 aromatic heterocycles. The standard InChI is InChI=1S/C8H6O3S.Li/c9-12(10)8-5-6-3-1-2-4-7(6)11-8;/h1-5H,(H,9,10);/q;+1/p-1. The van der Waals surface area contributed by atoms with E-state index in [0.717, 1.165) is 5.39 Å². The van der Waals surface area contributed by atoms with Gasteiger partial charge in [-0.2, -0.15) is 0 Å². The molecule has 2 rings (SSSR count). The molecule has 0 amide bonds. The zero-order valence-corrected chi connectivity index (χ0v) is 7.84. The maximum absolute atomic E-state index is 10.5. The summed E-state index contributed by atoms with van der Waals surface area (Å²) in [5.41, 5.74) is 0.594. The molecular weight excluding hydrogens is 183 g/mol. The molecule has 0 saturated carbocycles. The molecule has 0 N–H and O–H groups in total. The van der Waals surface area contributed by atoms with E-state index in [1.54, 1.807) is 18.2 Å². The van der Waals surface area contributed by atoms with Gasteiger partial charge < -0.3 is 8.97 Å². The molecule has 1 heterocycles. The van der Waals surface area contributed by atoms with E-state index in [2.05, 4.69) is 0 Å². The van der Waals surface area contributed by atoms with Crippen LogP contribution >= 0.6 is 0 Å². The van der Waals surface area contributed by atoms with Crippen LogP contribution in [0, 0.1) is 0 Å². The Morgan fingerprint density at radius 1 is 1.31 bits per heavy atom. The first-order valence-corrected chi connectivity index (χ1v) is 4.43. The van der Waals surface area contributed by atoms with Crippen LogP contribution in [-0.2, 0) is 11.1 Å². The second-order valence-corrected chi connectivity index (χ2v) is 3.21. The number of benzene rings is 1. The number of fused-ring (bicyclic) bond motifs is 1. The third kappa shape index (κ3) is 2.04. The molecule has 1 unspecified atom stereocenters. The summed E-state index contributed by atoms with van der Waals surface area (Å²) in [6.07, 6.45) is 0. The largest absolute Gasteiger partial charge is 1.00 e. The minimum atomic E-state index is -2.28. The topological polar surface area (TPSA) is 53.3 Å². The molecule has 0 aliphatic heterocycles. The van der Waals surface area contributed by atoms with Crippen LogP contribution in [0.2, 0.25) is 0 Å². The molecule has 0 bridgehead atoms. The van der Waals surface area contributed by atoms with Crippen LogP contribution in [-0.4, -0.2) is 8.76 Å². The normalized spacial score (nSPS) is 12.4. The van der Waals surface area contributed by atoms with E-state index in [4.69, 9.17) is 4.42 Å². The Hall–Kier alpha value is -0.533. The predicted octanol–water partition coefficient (Wildman–Crippen LogP) is -1.33. The zero-order valence-electron chi connectivity index (χ0n) is 7.02. The van der Waals surface area contributed by atoms with Gasteiger partial charge in [-0.1, -0.05) is 18.2 Å². The van der Waals surface area contributed by atoms with Crippen LogP contribution in [0.3, 0.4) is 0 Å². The van der Waals surface area contributed by atoms with E-state index in [1.165, 1.54) is 6.07 Å². The van der Waals surface area contributed by atoms with Crippen molar-refractivity contribution in [3.63, 3.8) is 0 Å². The number of hydrogen-bond donors (Lipinski definition) is 0. The maximum Gasteiger partial charge on any atom is 1.00 e. The van der Waals surface area contributed by atoms with Crippen LogP contribution in [0.15, 0.2) is 39.8 Å². The minimum absolute atomic E-state index is 0. The van der Waals surface area contributed by atoms with E-state index in [9.17, 15) is 8.76 Å². The van der Waals surface area contributed by atoms with Crippen molar-refractivity contribution in [3.8, 4) is 0 Å². The fourth-order valence-electron chi connectivity index (χ4n) is 1.04. The molecule has 1 atom stereocenters. The molecule has 2 aromatic rings. The Labute approximate surface area is 89.6 Å². The second-order valence-electron chi connectivity index (χ2n) is 2.34. The molecule has 0 fully saturated rings. The molecule has 0 aliphatic rings. The molecule has 5 heteroatoms. The van der Waals surface area contributed by atoms with Crippen molar-refractivity contribution in [1.29, 1.82) is 0 Å². The maximum atomic E-state index is 10.5. The van der Waals surface area contributed by atoms with Gasteiger partial charge in [-0.25, -0.2) is 0 Å². The summed E-state index contributed by atoms with van der Waals surface area (Å²) in [5, 5.41) is 0.785. The van der Waals surface area contributed by atoms with Crippen LogP contribution in [0.1, 0.15) is 0 Å². The van der Waals surface area contributed by atoms with Crippen molar-refractivity contribution in [2.45, 2.75) is 5.09 Å². The van der Waals surface area contributed by atoms with Crippen molar-refractivity contribution in [2.24, 2.45) is 0 Å². The molecule has 1 aromatic carbocycles. The second kappa shape index (κ2) is 4.12. The van der Waals surface area contributed by atoms with Gasteiger partial charge in [-0.15, -0.1) is 0 Å². The summed E-state index contributed by atoms with van der Waals surface area (Å²) in [6.45, 7) is 0. The minimum Gasteiger partial charge on any atom is -0.766 e. The van der Waals surface area contributed by atoms with Crippen LogP contribution in [0.5, 0.6) is 0 Å². The van der Waals surface area contributed by atoms with Gasteiger partial charge in [0.05, 0.1) is 0 Å². The van der Waals surface area contributed by atoms with E-state index >= 15 is 0 Å². The summed E-state index contributed by atoms with van der Waals surface area (Å²) in [6, 6.07) is 8.65. The van der Waals surface area contributed by atoms with E-state index in [-0.39, 0.29) is 24.0 Å². The van der Waals surface area contributed by atoms with Gasteiger partial charge in [-0.05, 0) is 12.1 Å². The first-order valence-electron chi connectivity index (χ1n) is 3.35. The zero-order chi connectivity index (χ0) is 8.55. The van der Waals surface area contributed by atoms with Crippen LogP contribution < -0.4 is 18.9 Å². The van der Waals surface area contributed by atoms with E-state index < -0.39 is 11.1 Å². The van der Waals surface area contributed by atoms with Crippen molar-refractivity contribution < 1.29 is 32.0 Å². The van der Waals surface area contributed by atoms with Gasteiger partial charge in [0.15, 0.2) is 5.09 Å². The fourth-order valence-corrected chi connectivity index (χ4v) is 1.42. The SMILES string of the molecule is O=S([O-])c1cc2ccccc2o1.[Li+]. The van der Waals surface area contributed by atoms with Gasteiger partial charge in [0.2, 0.25) is 0 Å². The Bertz CT molecular complexity index is 405. The molecule has 3 nitrogen and oxygen atoms in total. The van der Waals surface area contributed by atoms with Crippen molar-refractivity contribution in [3.05, 3.63) is 30.3 Å². The molecule has 0 aliphatic carbocycles. The first-order chi connectivity index (χ1) is 5.77. The van der Waals surface area contributed by atoms with Gasteiger partial charge in [-0.3, -0.25) is 4.21 Å². The third-order valence-electron chi connectivity index (χ3n) is 1.57. The van der Waals surface area contributed by atoms with Gasteiger partial charge in [0.1, 0.15) is 5.58 Å². The molecule has 0 saturated heterocycles. The summed E-state index contributed by atoms with van der Waals surface area (Å²) in [5.74, 6) is 0. The molecule has 0 radical (unpaired) electrons. The first kappa shape index (κ1) is 10.5. The van der Waals surface area contributed by atoms with Crippen LogP contribution in [0.4, 0.5) is 0 Å². The quantitative estimate of drug-likeness (QED) is 0.412. The van der Waals surface area contributed by atoms with Crippen LogP contribution in [0.25, 0.3) is 11.0 Å². The monoisotopic (exact) mass is 188 g/mol. The Kier molecular flexibility index (Phi) is 3.34. The molecular formula is C8H5LiO3S. The predicted molar refractivity (Wildman–Crippen MR) is 43.4 cm³/mol. The van der Waals surface area contributed by atoms with Crippen molar-refractivity contribution in [1.82, 2.24) is 0 Å². The summed E-state index contributed by atoms with van der Waals surface area (Å²) < 4.78 is 26.0. The summed E-state index contributed by atoms with van der Waals surface area (Å²) in [4.78, 5) is 0. The fraction of sp³-hybridized carbons (Fsp3) is 0. The Balaban J connectivity index is 0.000000845. The Morgan fingerprint density at radius 2 is 2.00 bits per heavy atom. The molecule has 13 heavy (non-hydrogen) atoms. The van der Waals surface area contributed by atoms with Gasteiger partial charge in [0.25, 0.3) is 0 Å². The molecule has 0 spiro atoms. The van der Waals surface area contributed by atoms with Gasteiger partial charge in [0, 0.05) is 16.5 Å². The summed E-state index contributed by atoms with van der Waals surface area (Å²) in [7, 11) is 0. The van der Waals surface area contributed by atoms with Gasteiger partial charge >= 0.3 is 18.9 Å². The van der Waals surface area contributed by atoms with Crippen molar-refractivity contribution in [2.75, 3.05) is 0 Å². The van der Waals surface area contributed by atoms with E-state index in [0.29, 0.717) is 5.58 Å². The van der Waals surface area contributed by atoms with E-state index in [1.807, 2.05) is 6.07 Å². The number of furan rings is 1. The summed E-state index contributed by atoms with van der Waals surface area (Å²) >= 11 is -2.28. The smallest absolute Gasteiger partial charge is 0.766 e. The Morgan fingerprint density at radius 3 is 2.62 bits per heavy atom.